The molecule has 0 rings (SSSR count). The van der Waals surface area contributed by atoms with Crippen LogP contribution >= 0.6 is 8.60 Å². The molecule has 1 N–H and O–H groups in total. The summed E-state index contributed by atoms with van der Waals surface area (Å²) in [6.07, 6.45) is 0. The number of rotatable bonds is 0. The van der Waals surface area contributed by atoms with Gasteiger partial charge >= 0.3 is 31.0 Å². The third-order valence-corrected chi connectivity index (χ3v) is 0. The molecule has 0 unspecified atom stereocenters. The van der Waals surface area contributed by atoms with Crippen molar-refractivity contribution in [2.24, 2.45) is 0 Å². The van der Waals surface area contributed by atoms with Crippen LogP contribution in [0.4, 0.5) is 0 Å². The van der Waals surface area contributed by atoms with Gasteiger partial charge in [0.1, 0.15) is 0 Å². The Labute approximate surface area is 54.4 Å². The Hall–Kier alpha value is 1.31. The molecule has 0 heterocycles. The van der Waals surface area contributed by atoms with E-state index in [9.17, 15) is 0 Å². The first kappa shape index (κ1) is 9.58. The van der Waals surface area contributed by atoms with Crippen LogP contribution in [0.1, 0.15) is 1.43 Å². The Bertz CT molecular complexity index is 15.5. The normalized spacial score (nSPS) is 7.20. The molecule has 0 saturated carbocycles. The van der Waals surface area contributed by atoms with E-state index in [1.807, 2.05) is 0 Å². The summed E-state index contributed by atoms with van der Waals surface area (Å²) >= 11 is 0. The van der Waals surface area contributed by atoms with Crippen molar-refractivity contribution in [3.63, 3.8) is 0 Å². The molecular formula is H2NaO3P. The number of hydrogen-bond acceptors (Lipinski definition) is 3. The molecule has 0 aliphatic heterocycles. The molecule has 5 heteroatoms. The van der Waals surface area contributed by atoms with E-state index in [-0.39, 0.29) is 31.0 Å². The molecule has 5 heavy (non-hydrogen) atoms. The largest absolute Gasteiger partial charge is 1.00 e. The molecule has 0 bridgehead atoms. The second kappa shape index (κ2) is 5.31. The molecule has 3 nitrogen and oxygen atoms in total. The molecule has 0 atom stereocenters. The molecule has 0 aliphatic carbocycles. The van der Waals surface area contributed by atoms with E-state index >= 15 is 0 Å². The minimum Gasteiger partial charge on any atom is -0.820 e. The molecule has 0 radical (unpaired) electrons. The third-order valence-electron chi connectivity index (χ3n) is 0. The van der Waals surface area contributed by atoms with Gasteiger partial charge in [-0.2, -0.15) is 8.60 Å². The Balaban J connectivity index is -0.0000000450. The van der Waals surface area contributed by atoms with Crippen LogP contribution in [0.5, 0.6) is 0 Å². The summed E-state index contributed by atoms with van der Waals surface area (Å²) in [7, 11) is -3.12. The van der Waals surface area contributed by atoms with Crippen LogP contribution in [0.2, 0.25) is 0 Å². The Morgan fingerprint density at radius 2 is 1.60 bits per heavy atom. The summed E-state index contributed by atoms with van der Waals surface area (Å²) in [5.74, 6) is 0. The fourth-order valence-corrected chi connectivity index (χ4v) is 0. The quantitative estimate of drug-likeness (QED) is 0.247. The van der Waals surface area contributed by atoms with Gasteiger partial charge in [0.25, 0.3) is 0 Å². The molecule has 0 aromatic rings. The van der Waals surface area contributed by atoms with E-state index in [0.717, 1.165) is 0 Å². The van der Waals surface area contributed by atoms with Crippen molar-refractivity contribution in [1.29, 1.82) is 0 Å². The van der Waals surface area contributed by atoms with Crippen LogP contribution < -0.4 is 39.3 Å². The van der Waals surface area contributed by atoms with Crippen LogP contribution in [0.3, 0.4) is 0 Å². The van der Waals surface area contributed by atoms with Crippen molar-refractivity contribution in [2.45, 2.75) is 0 Å². The first-order valence-corrected chi connectivity index (χ1v) is 1.70. The van der Waals surface area contributed by atoms with Crippen LogP contribution in [-0.2, 0) is 0 Å². The van der Waals surface area contributed by atoms with Gasteiger partial charge in [-0.3, -0.25) is 0 Å². The van der Waals surface area contributed by atoms with Crippen LogP contribution in [0, 0.1) is 0 Å². The van der Waals surface area contributed by atoms with Crippen molar-refractivity contribution >= 4 is 8.60 Å². The Morgan fingerprint density at radius 3 is 1.60 bits per heavy atom. The summed E-state index contributed by atoms with van der Waals surface area (Å²) in [4.78, 5) is 24.2. The molecule has 0 amide bonds. The van der Waals surface area contributed by atoms with Gasteiger partial charge in [0.05, 0.1) is 0 Å². The van der Waals surface area contributed by atoms with Crippen LogP contribution in [-0.4, -0.2) is 4.89 Å². The maximum absolute atomic E-state index is 8.59. The molecular weight excluding hydrogens is 102 g/mol. The molecule has 0 aliphatic rings. The standard InChI is InChI=1S/Na.HO3P/c;1-4(2)3/h;1H/q+1;-2/p+1. The Morgan fingerprint density at radius 1 is 1.60 bits per heavy atom. The van der Waals surface area contributed by atoms with Gasteiger partial charge < -0.3 is 14.7 Å². The summed E-state index contributed by atoms with van der Waals surface area (Å²) in [6, 6.07) is 0. The van der Waals surface area contributed by atoms with Gasteiger partial charge in [0.2, 0.25) is 0 Å². The molecule has 26 valence electrons. The van der Waals surface area contributed by atoms with Crippen LogP contribution in [0.15, 0.2) is 0 Å². The van der Waals surface area contributed by atoms with Gasteiger partial charge in [0, 0.05) is 0 Å². The summed E-state index contributed by atoms with van der Waals surface area (Å²) in [6.45, 7) is 0. The fourth-order valence-electron chi connectivity index (χ4n) is 0. The molecule has 0 aromatic carbocycles. The zero-order chi connectivity index (χ0) is 3.58. The van der Waals surface area contributed by atoms with Crippen molar-refractivity contribution < 1.29 is 45.7 Å². The van der Waals surface area contributed by atoms with Crippen molar-refractivity contribution in [3.05, 3.63) is 0 Å². The maximum Gasteiger partial charge on any atom is 1.00 e. The monoisotopic (exact) mass is 104 g/mol. The SMILES string of the molecule is [H+].[Na+].[O-]P([O-])O. The van der Waals surface area contributed by atoms with Gasteiger partial charge in [-0.25, -0.2) is 0 Å². The third kappa shape index (κ3) is 33.9. The van der Waals surface area contributed by atoms with E-state index in [1.54, 1.807) is 0 Å². The molecule has 0 fully saturated rings. The fraction of sp³-hybridized carbons (Fsp3) is 0. The van der Waals surface area contributed by atoms with Crippen LogP contribution in [0.25, 0.3) is 0 Å². The average molecular weight is 104 g/mol. The van der Waals surface area contributed by atoms with Gasteiger partial charge in [-0.15, -0.1) is 0 Å². The topological polar surface area (TPSA) is 66.3 Å². The second-order valence-corrected chi connectivity index (χ2v) is 0.714. The van der Waals surface area contributed by atoms with E-state index in [1.165, 1.54) is 0 Å². The molecule has 0 saturated heterocycles. The Kier molecular flexibility index (Phi) is 10.2. The van der Waals surface area contributed by atoms with Gasteiger partial charge in [0.15, 0.2) is 0 Å². The van der Waals surface area contributed by atoms with Crippen molar-refractivity contribution in [2.75, 3.05) is 0 Å². The minimum absolute atomic E-state index is 0. The van der Waals surface area contributed by atoms with Crippen molar-refractivity contribution in [3.8, 4) is 0 Å². The minimum atomic E-state index is -3.12. The summed E-state index contributed by atoms with van der Waals surface area (Å²) < 4.78 is 0. The molecule has 0 spiro atoms. The maximum atomic E-state index is 8.59. The first-order chi connectivity index (χ1) is 1.73. The first-order valence-electron chi connectivity index (χ1n) is 0.565. The second-order valence-electron chi connectivity index (χ2n) is 0.238. The smallest absolute Gasteiger partial charge is 0.820 e. The van der Waals surface area contributed by atoms with E-state index in [4.69, 9.17) is 14.7 Å². The van der Waals surface area contributed by atoms with E-state index in [0.29, 0.717) is 0 Å². The average Bonchev–Trinajstić information content (AvgIpc) is 0.811. The van der Waals surface area contributed by atoms with Gasteiger partial charge in [-0.1, -0.05) is 0 Å². The van der Waals surface area contributed by atoms with E-state index in [2.05, 4.69) is 0 Å². The van der Waals surface area contributed by atoms with E-state index < -0.39 is 8.60 Å². The van der Waals surface area contributed by atoms with Crippen molar-refractivity contribution in [1.82, 2.24) is 0 Å². The zero-order valence-corrected chi connectivity index (χ0v) is 5.61. The predicted octanol–water partition coefficient (Wildman–Crippen LogP) is -4.96. The predicted molar refractivity (Wildman–Crippen MR) is 10.3 cm³/mol. The summed E-state index contributed by atoms with van der Waals surface area (Å²) in [5, 5.41) is 0. The summed E-state index contributed by atoms with van der Waals surface area (Å²) in [5.41, 5.74) is 0. The number of hydrogen-bond donors (Lipinski definition) is 1. The zero-order valence-electron chi connectivity index (χ0n) is 3.71. The molecule has 0 aromatic heterocycles. The van der Waals surface area contributed by atoms with Gasteiger partial charge in [-0.05, 0) is 0 Å².